The van der Waals surface area contributed by atoms with E-state index in [1.165, 1.54) is 17.3 Å². The van der Waals surface area contributed by atoms with Crippen molar-refractivity contribution < 1.29 is 9.15 Å². The largest absolute Gasteiger partial charge is 0.492 e. The summed E-state index contributed by atoms with van der Waals surface area (Å²) >= 11 is 0. The first-order chi connectivity index (χ1) is 13.6. The fraction of sp³-hybridized carbons (Fsp3) is 0.348. The van der Waals surface area contributed by atoms with Gasteiger partial charge < -0.3 is 14.1 Å². The maximum absolute atomic E-state index is 11.6. The molecule has 146 valence electrons. The lowest BCUT2D eigenvalue weighted by Gasteiger charge is -2.36. The molecule has 3 aromatic rings. The highest BCUT2D eigenvalue weighted by atomic mass is 16.5. The maximum atomic E-state index is 11.6. The van der Waals surface area contributed by atoms with Gasteiger partial charge in [0.05, 0.1) is 0 Å². The second kappa shape index (κ2) is 8.07. The van der Waals surface area contributed by atoms with Crippen LogP contribution in [0.5, 0.6) is 5.75 Å². The normalized spacial score (nSPS) is 15.1. The van der Waals surface area contributed by atoms with Crippen molar-refractivity contribution in [2.24, 2.45) is 0 Å². The highest BCUT2D eigenvalue weighted by Crippen LogP contribution is 2.22. The standard InChI is InChI=1S/C23H26N2O3/c1-17-3-5-19(6-4-17)25-11-9-24(10-12-25)13-14-27-20-7-8-21-18(2)15-23(26)28-22(21)16-20/h3-8,15-16H,9-14H2,1-2H3. The van der Waals surface area contributed by atoms with Crippen LogP contribution in [0.4, 0.5) is 5.69 Å². The Balaban J connectivity index is 1.28. The van der Waals surface area contributed by atoms with Gasteiger partial charge in [-0.2, -0.15) is 0 Å². The molecule has 1 aliphatic rings. The molecular weight excluding hydrogens is 352 g/mol. The van der Waals surface area contributed by atoms with Crippen molar-refractivity contribution in [2.75, 3.05) is 44.2 Å². The van der Waals surface area contributed by atoms with E-state index in [1.807, 2.05) is 19.1 Å². The number of nitrogens with zero attached hydrogens (tertiary/aromatic N) is 2. The van der Waals surface area contributed by atoms with Gasteiger partial charge in [0.2, 0.25) is 0 Å². The molecule has 0 spiro atoms. The molecule has 0 amide bonds. The number of ether oxygens (including phenoxy) is 1. The Kier molecular flexibility index (Phi) is 5.35. The Morgan fingerprint density at radius 2 is 1.71 bits per heavy atom. The van der Waals surface area contributed by atoms with Gasteiger partial charge >= 0.3 is 5.63 Å². The maximum Gasteiger partial charge on any atom is 0.336 e. The average Bonchev–Trinajstić information content (AvgIpc) is 2.69. The smallest absolute Gasteiger partial charge is 0.336 e. The van der Waals surface area contributed by atoms with Crippen LogP contribution < -0.4 is 15.3 Å². The summed E-state index contributed by atoms with van der Waals surface area (Å²) in [7, 11) is 0. The molecule has 28 heavy (non-hydrogen) atoms. The van der Waals surface area contributed by atoms with Crippen LogP contribution >= 0.6 is 0 Å². The van der Waals surface area contributed by atoms with Crippen LogP contribution in [-0.4, -0.2) is 44.2 Å². The van der Waals surface area contributed by atoms with Crippen molar-refractivity contribution in [1.29, 1.82) is 0 Å². The zero-order chi connectivity index (χ0) is 19.5. The SMILES string of the molecule is Cc1ccc(N2CCN(CCOc3ccc4c(C)cc(=O)oc4c3)CC2)cc1. The van der Waals surface area contributed by atoms with E-state index in [9.17, 15) is 4.79 Å². The second-order valence-corrected chi connectivity index (χ2v) is 7.42. The third kappa shape index (κ3) is 4.20. The number of aryl methyl sites for hydroxylation is 2. The Morgan fingerprint density at radius 1 is 0.964 bits per heavy atom. The van der Waals surface area contributed by atoms with E-state index >= 15 is 0 Å². The molecule has 4 rings (SSSR count). The number of hydrogen-bond donors (Lipinski definition) is 0. The van der Waals surface area contributed by atoms with Gasteiger partial charge in [0.15, 0.2) is 0 Å². The second-order valence-electron chi connectivity index (χ2n) is 7.42. The molecule has 1 fully saturated rings. The molecule has 2 aromatic carbocycles. The minimum Gasteiger partial charge on any atom is -0.492 e. The Bertz CT molecular complexity index is 1000. The van der Waals surface area contributed by atoms with Gasteiger partial charge in [-0.1, -0.05) is 17.7 Å². The summed E-state index contributed by atoms with van der Waals surface area (Å²) in [6.07, 6.45) is 0. The molecule has 0 bridgehead atoms. The summed E-state index contributed by atoms with van der Waals surface area (Å²) in [6.45, 7) is 9.66. The lowest BCUT2D eigenvalue weighted by Crippen LogP contribution is -2.47. The van der Waals surface area contributed by atoms with Gasteiger partial charge in [0.25, 0.3) is 0 Å². The van der Waals surface area contributed by atoms with E-state index in [4.69, 9.17) is 9.15 Å². The number of piperazine rings is 1. The lowest BCUT2D eigenvalue weighted by atomic mass is 10.1. The molecule has 5 nitrogen and oxygen atoms in total. The van der Waals surface area contributed by atoms with E-state index in [0.29, 0.717) is 12.2 Å². The lowest BCUT2D eigenvalue weighted by molar-refractivity contribution is 0.200. The molecule has 5 heteroatoms. The molecule has 1 aromatic heterocycles. The molecule has 0 atom stereocenters. The average molecular weight is 378 g/mol. The third-order valence-corrected chi connectivity index (χ3v) is 5.37. The molecule has 1 saturated heterocycles. The number of anilines is 1. The predicted octanol–water partition coefficient (Wildman–Crippen LogP) is 3.61. The first-order valence-electron chi connectivity index (χ1n) is 9.80. The van der Waals surface area contributed by atoms with Crippen molar-refractivity contribution in [3.8, 4) is 5.75 Å². The molecule has 2 heterocycles. The summed E-state index contributed by atoms with van der Waals surface area (Å²) in [5.41, 5.74) is 3.77. The van der Waals surface area contributed by atoms with E-state index in [0.717, 1.165) is 49.4 Å². The fourth-order valence-corrected chi connectivity index (χ4v) is 3.67. The monoisotopic (exact) mass is 378 g/mol. The zero-order valence-electron chi connectivity index (χ0n) is 16.5. The Labute approximate surface area is 165 Å². The van der Waals surface area contributed by atoms with Crippen molar-refractivity contribution in [3.63, 3.8) is 0 Å². The van der Waals surface area contributed by atoms with Gasteiger partial charge in [-0.25, -0.2) is 4.79 Å². The first-order valence-corrected chi connectivity index (χ1v) is 9.80. The quantitative estimate of drug-likeness (QED) is 0.635. The van der Waals surface area contributed by atoms with Crippen LogP contribution in [0.15, 0.2) is 57.7 Å². The molecule has 0 N–H and O–H groups in total. The number of benzene rings is 2. The topological polar surface area (TPSA) is 45.9 Å². The van der Waals surface area contributed by atoms with Crippen molar-refractivity contribution in [1.82, 2.24) is 4.90 Å². The van der Waals surface area contributed by atoms with E-state index in [2.05, 4.69) is 41.0 Å². The van der Waals surface area contributed by atoms with Gasteiger partial charge in [-0.15, -0.1) is 0 Å². The summed E-state index contributed by atoms with van der Waals surface area (Å²) in [5, 5.41) is 0.944. The van der Waals surface area contributed by atoms with Crippen molar-refractivity contribution in [3.05, 3.63) is 70.1 Å². The number of rotatable bonds is 5. The van der Waals surface area contributed by atoms with Crippen LogP contribution in [0.3, 0.4) is 0 Å². The molecule has 1 aliphatic heterocycles. The van der Waals surface area contributed by atoms with Crippen LogP contribution in [0.2, 0.25) is 0 Å². The van der Waals surface area contributed by atoms with Crippen molar-refractivity contribution in [2.45, 2.75) is 13.8 Å². The van der Waals surface area contributed by atoms with Crippen molar-refractivity contribution >= 4 is 16.7 Å². The summed E-state index contributed by atoms with van der Waals surface area (Å²) in [5.74, 6) is 0.736. The Morgan fingerprint density at radius 3 is 2.46 bits per heavy atom. The summed E-state index contributed by atoms with van der Waals surface area (Å²) in [4.78, 5) is 16.4. The minimum atomic E-state index is -0.325. The molecule has 0 aliphatic carbocycles. The van der Waals surface area contributed by atoms with E-state index in [-0.39, 0.29) is 5.63 Å². The molecule has 0 radical (unpaired) electrons. The van der Waals surface area contributed by atoms with Gasteiger partial charge in [0.1, 0.15) is 17.9 Å². The predicted molar refractivity (Wildman–Crippen MR) is 113 cm³/mol. The third-order valence-electron chi connectivity index (χ3n) is 5.37. The fourth-order valence-electron chi connectivity index (χ4n) is 3.67. The van der Waals surface area contributed by atoms with E-state index in [1.54, 1.807) is 6.07 Å². The molecule has 0 unspecified atom stereocenters. The number of fused-ring (bicyclic) bond motifs is 1. The van der Waals surface area contributed by atoms with E-state index < -0.39 is 0 Å². The molecule has 0 saturated carbocycles. The van der Waals surface area contributed by atoms with Gasteiger partial charge in [-0.3, -0.25) is 4.90 Å². The minimum absolute atomic E-state index is 0.325. The highest BCUT2D eigenvalue weighted by molar-refractivity contribution is 5.81. The Hall–Kier alpha value is -2.79. The highest BCUT2D eigenvalue weighted by Gasteiger charge is 2.17. The number of hydrogen-bond acceptors (Lipinski definition) is 5. The van der Waals surface area contributed by atoms with Crippen LogP contribution in [0, 0.1) is 13.8 Å². The summed E-state index contributed by atoms with van der Waals surface area (Å²) in [6, 6.07) is 15.9. The molecular formula is C23H26N2O3. The van der Waals surface area contributed by atoms with Crippen LogP contribution in [0.25, 0.3) is 11.0 Å². The van der Waals surface area contributed by atoms with Crippen LogP contribution in [-0.2, 0) is 0 Å². The van der Waals surface area contributed by atoms with Gasteiger partial charge in [-0.05, 0) is 43.7 Å². The van der Waals surface area contributed by atoms with Crippen LogP contribution in [0.1, 0.15) is 11.1 Å². The summed E-state index contributed by atoms with van der Waals surface area (Å²) < 4.78 is 11.2. The first kappa shape index (κ1) is 18.6. The zero-order valence-corrected chi connectivity index (χ0v) is 16.5. The van der Waals surface area contributed by atoms with Gasteiger partial charge in [0, 0.05) is 55.9 Å².